The number of nitrogens with one attached hydrogen (secondary N) is 1. The number of para-hydroxylation sites is 2. The van der Waals surface area contributed by atoms with Crippen molar-refractivity contribution in [1.29, 1.82) is 0 Å². The zero-order valence-electron chi connectivity index (χ0n) is 15.3. The van der Waals surface area contributed by atoms with Gasteiger partial charge in [-0.05, 0) is 36.1 Å². The molecule has 1 aromatic heterocycles. The fraction of sp³-hybridized carbons (Fsp3) is 0.273. The maximum absolute atomic E-state index is 12.4. The SMILES string of the molecule is CCc1cccc(CC)c1NC(=O)CCSc1ccc2ccccc2n1. The average Bonchev–Trinajstić information content (AvgIpc) is 2.68. The minimum atomic E-state index is 0.0638. The summed E-state index contributed by atoms with van der Waals surface area (Å²) in [6, 6.07) is 18.4. The molecule has 0 bridgehead atoms. The Hall–Kier alpha value is -2.33. The number of pyridine rings is 1. The number of aromatic nitrogens is 1. The number of anilines is 1. The van der Waals surface area contributed by atoms with Crippen LogP contribution in [0, 0.1) is 0 Å². The van der Waals surface area contributed by atoms with Crippen LogP contribution in [-0.2, 0) is 17.6 Å². The number of hydrogen-bond donors (Lipinski definition) is 1. The van der Waals surface area contributed by atoms with E-state index in [2.05, 4.69) is 54.5 Å². The molecule has 0 saturated heterocycles. The van der Waals surface area contributed by atoms with Crippen molar-refractivity contribution in [1.82, 2.24) is 4.98 Å². The first kappa shape index (κ1) is 18.5. The zero-order valence-corrected chi connectivity index (χ0v) is 16.1. The number of fused-ring (bicyclic) bond motifs is 1. The summed E-state index contributed by atoms with van der Waals surface area (Å²) >= 11 is 1.62. The van der Waals surface area contributed by atoms with Gasteiger partial charge in [0.05, 0.1) is 10.5 Å². The van der Waals surface area contributed by atoms with E-state index >= 15 is 0 Å². The van der Waals surface area contributed by atoms with Gasteiger partial charge in [-0.1, -0.05) is 56.3 Å². The van der Waals surface area contributed by atoms with E-state index < -0.39 is 0 Å². The van der Waals surface area contributed by atoms with E-state index in [1.165, 1.54) is 11.1 Å². The van der Waals surface area contributed by atoms with Gasteiger partial charge in [-0.3, -0.25) is 4.79 Å². The molecule has 1 amide bonds. The van der Waals surface area contributed by atoms with Crippen molar-refractivity contribution in [3.8, 4) is 0 Å². The Labute approximate surface area is 159 Å². The van der Waals surface area contributed by atoms with Crippen LogP contribution in [0.3, 0.4) is 0 Å². The normalized spacial score (nSPS) is 10.8. The molecule has 4 heteroatoms. The maximum Gasteiger partial charge on any atom is 0.225 e. The number of carbonyl (C=O) groups excluding carboxylic acids is 1. The van der Waals surface area contributed by atoms with Gasteiger partial charge in [0.2, 0.25) is 5.91 Å². The quantitative estimate of drug-likeness (QED) is 0.564. The molecule has 0 saturated carbocycles. The van der Waals surface area contributed by atoms with Crippen molar-refractivity contribution in [3.63, 3.8) is 0 Å². The molecule has 0 spiro atoms. The van der Waals surface area contributed by atoms with Gasteiger partial charge in [0.15, 0.2) is 0 Å². The number of thioether (sulfide) groups is 1. The Morgan fingerprint density at radius 2 is 1.69 bits per heavy atom. The second-order valence-electron chi connectivity index (χ2n) is 6.15. The van der Waals surface area contributed by atoms with Gasteiger partial charge in [0.1, 0.15) is 0 Å². The second-order valence-corrected chi connectivity index (χ2v) is 7.26. The minimum absolute atomic E-state index is 0.0638. The molecule has 3 aromatic rings. The van der Waals surface area contributed by atoms with E-state index in [9.17, 15) is 4.79 Å². The molecule has 0 atom stereocenters. The Balaban J connectivity index is 1.59. The molecule has 26 heavy (non-hydrogen) atoms. The first-order valence-corrected chi connectivity index (χ1v) is 10.1. The number of benzene rings is 2. The molecule has 0 aliphatic rings. The van der Waals surface area contributed by atoms with Crippen molar-refractivity contribution in [2.24, 2.45) is 0 Å². The predicted octanol–water partition coefficient (Wildman–Crippen LogP) is 5.48. The van der Waals surface area contributed by atoms with Gasteiger partial charge >= 0.3 is 0 Å². The molecule has 2 aromatic carbocycles. The minimum Gasteiger partial charge on any atom is -0.326 e. The van der Waals surface area contributed by atoms with E-state index in [-0.39, 0.29) is 5.91 Å². The Bertz CT molecular complexity index is 885. The van der Waals surface area contributed by atoms with Crippen LogP contribution in [0.15, 0.2) is 59.6 Å². The molecular weight excluding hydrogens is 340 g/mol. The van der Waals surface area contributed by atoms with Crippen LogP contribution >= 0.6 is 11.8 Å². The summed E-state index contributed by atoms with van der Waals surface area (Å²) in [5.41, 5.74) is 4.38. The van der Waals surface area contributed by atoms with Gasteiger partial charge in [0.25, 0.3) is 0 Å². The fourth-order valence-electron chi connectivity index (χ4n) is 2.98. The number of amides is 1. The predicted molar refractivity (Wildman–Crippen MR) is 111 cm³/mol. The Morgan fingerprint density at radius 1 is 0.962 bits per heavy atom. The third-order valence-corrected chi connectivity index (χ3v) is 5.35. The third kappa shape index (κ3) is 4.44. The molecule has 134 valence electrons. The number of hydrogen-bond acceptors (Lipinski definition) is 3. The average molecular weight is 365 g/mol. The van der Waals surface area contributed by atoms with E-state index in [0.29, 0.717) is 12.2 Å². The highest BCUT2D eigenvalue weighted by Crippen LogP contribution is 2.24. The highest BCUT2D eigenvalue weighted by molar-refractivity contribution is 7.99. The molecule has 1 heterocycles. The van der Waals surface area contributed by atoms with Gasteiger partial charge in [-0.15, -0.1) is 11.8 Å². The molecule has 0 aliphatic carbocycles. The number of carbonyl (C=O) groups is 1. The molecule has 0 radical (unpaired) electrons. The lowest BCUT2D eigenvalue weighted by Crippen LogP contribution is -2.15. The summed E-state index contributed by atoms with van der Waals surface area (Å²) in [5.74, 6) is 0.779. The van der Waals surface area contributed by atoms with E-state index in [1.807, 2.05) is 24.3 Å². The number of aryl methyl sites for hydroxylation is 2. The van der Waals surface area contributed by atoms with Gasteiger partial charge in [-0.25, -0.2) is 4.98 Å². The first-order valence-electron chi connectivity index (χ1n) is 9.10. The summed E-state index contributed by atoms with van der Waals surface area (Å²) in [6.07, 6.45) is 2.30. The van der Waals surface area contributed by atoms with Gasteiger partial charge < -0.3 is 5.32 Å². The van der Waals surface area contributed by atoms with Crippen LogP contribution in [0.5, 0.6) is 0 Å². The highest BCUT2D eigenvalue weighted by atomic mass is 32.2. The third-order valence-electron chi connectivity index (χ3n) is 4.42. The number of nitrogens with zero attached hydrogens (tertiary/aromatic N) is 1. The van der Waals surface area contributed by atoms with Gasteiger partial charge in [-0.2, -0.15) is 0 Å². The second kappa shape index (κ2) is 8.86. The standard InChI is InChI=1S/C22H24N2OS/c1-3-16-9-7-10-17(4-2)22(16)24-20(25)14-15-26-21-13-12-18-8-5-6-11-19(18)23-21/h5-13H,3-4,14-15H2,1-2H3,(H,24,25). The lowest BCUT2D eigenvalue weighted by molar-refractivity contribution is -0.115. The molecule has 1 N–H and O–H groups in total. The zero-order chi connectivity index (χ0) is 18.4. The summed E-state index contributed by atoms with van der Waals surface area (Å²) in [5, 5.41) is 5.22. The fourth-order valence-corrected chi connectivity index (χ4v) is 3.80. The molecule has 0 fully saturated rings. The van der Waals surface area contributed by atoms with E-state index in [1.54, 1.807) is 11.8 Å². The van der Waals surface area contributed by atoms with Crippen molar-refractivity contribution in [2.45, 2.75) is 38.1 Å². The summed E-state index contributed by atoms with van der Waals surface area (Å²) in [7, 11) is 0. The topological polar surface area (TPSA) is 42.0 Å². The highest BCUT2D eigenvalue weighted by Gasteiger charge is 2.10. The van der Waals surface area contributed by atoms with E-state index in [4.69, 9.17) is 0 Å². The maximum atomic E-state index is 12.4. The Kier molecular flexibility index (Phi) is 6.29. The van der Waals surface area contributed by atoms with Gasteiger partial charge in [0, 0.05) is 23.2 Å². The Morgan fingerprint density at radius 3 is 2.42 bits per heavy atom. The molecule has 3 nitrogen and oxygen atoms in total. The van der Waals surface area contributed by atoms with Crippen molar-refractivity contribution < 1.29 is 4.79 Å². The molecule has 0 unspecified atom stereocenters. The van der Waals surface area contributed by atoms with Crippen molar-refractivity contribution in [3.05, 3.63) is 65.7 Å². The summed E-state index contributed by atoms with van der Waals surface area (Å²) in [4.78, 5) is 17.0. The lowest BCUT2D eigenvalue weighted by atomic mass is 10.0. The van der Waals surface area contributed by atoms with Crippen molar-refractivity contribution >= 4 is 34.3 Å². The monoisotopic (exact) mass is 364 g/mol. The van der Waals surface area contributed by atoms with Crippen LogP contribution in [0.4, 0.5) is 5.69 Å². The van der Waals surface area contributed by atoms with Crippen LogP contribution in [0.2, 0.25) is 0 Å². The van der Waals surface area contributed by atoms with E-state index in [0.717, 1.165) is 34.5 Å². The van der Waals surface area contributed by atoms with Crippen molar-refractivity contribution in [2.75, 3.05) is 11.1 Å². The lowest BCUT2D eigenvalue weighted by Gasteiger charge is -2.14. The molecular formula is C22H24N2OS. The smallest absolute Gasteiger partial charge is 0.225 e. The number of rotatable bonds is 7. The largest absolute Gasteiger partial charge is 0.326 e. The first-order chi connectivity index (χ1) is 12.7. The van der Waals surface area contributed by atoms with Crippen LogP contribution in [-0.4, -0.2) is 16.6 Å². The summed E-state index contributed by atoms with van der Waals surface area (Å²) < 4.78 is 0. The molecule has 0 aliphatic heterocycles. The van der Waals surface area contributed by atoms with Crippen LogP contribution in [0.1, 0.15) is 31.4 Å². The summed E-state index contributed by atoms with van der Waals surface area (Å²) in [6.45, 7) is 4.23. The van der Waals surface area contributed by atoms with Crippen LogP contribution in [0.25, 0.3) is 10.9 Å². The molecule has 3 rings (SSSR count). The van der Waals surface area contributed by atoms with Crippen LogP contribution < -0.4 is 5.32 Å².